The predicted molar refractivity (Wildman–Crippen MR) is 50.9 cm³/mol. The fraction of sp³-hybridized carbons (Fsp3) is 0.400. The summed E-state index contributed by atoms with van der Waals surface area (Å²) >= 11 is 5.74. The highest BCUT2D eigenvalue weighted by Crippen LogP contribution is 2.34. The molecule has 0 aromatic rings. The molecule has 64 valence electrons. The summed E-state index contributed by atoms with van der Waals surface area (Å²) in [4.78, 5) is 0. The number of alkyl halides is 1. The standard InChI is InChI=1S/C10H11ClO/c11-10-8-9(10)6-4-2-1-3-5-7-12/h1-3,5,9-10,12H,7-8H2/b2-1+,5-3+/t9-,10-/m1/s1. The van der Waals surface area contributed by atoms with Crippen LogP contribution in [0.2, 0.25) is 0 Å². The maximum absolute atomic E-state index is 8.38. The molecule has 1 rings (SSSR count). The van der Waals surface area contributed by atoms with Crippen LogP contribution in [0.3, 0.4) is 0 Å². The van der Waals surface area contributed by atoms with Crippen LogP contribution in [0.15, 0.2) is 24.3 Å². The van der Waals surface area contributed by atoms with E-state index >= 15 is 0 Å². The van der Waals surface area contributed by atoms with Crippen molar-refractivity contribution >= 4 is 11.6 Å². The summed E-state index contributed by atoms with van der Waals surface area (Å²) in [5, 5.41) is 8.66. The molecule has 1 saturated carbocycles. The Morgan fingerprint density at radius 3 is 2.83 bits per heavy atom. The number of hydrogen-bond donors (Lipinski definition) is 1. The largest absolute Gasteiger partial charge is 0.392 e. The van der Waals surface area contributed by atoms with E-state index < -0.39 is 0 Å². The normalized spacial score (nSPS) is 27.5. The SMILES string of the molecule is OC/C=C/C=C/C#C[C@@H]1C[C@H]1Cl. The first kappa shape index (κ1) is 9.38. The third-order valence-corrected chi connectivity index (χ3v) is 2.00. The number of allylic oxidation sites excluding steroid dienone is 3. The van der Waals surface area contributed by atoms with Crippen molar-refractivity contribution in [1.82, 2.24) is 0 Å². The maximum atomic E-state index is 8.38. The smallest absolute Gasteiger partial charge is 0.0615 e. The van der Waals surface area contributed by atoms with E-state index in [0.717, 1.165) is 6.42 Å². The average molecular weight is 183 g/mol. The van der Waals surface area contributed by atoms with Gasteiger partial charge in [-0.15, -0.1) is 11.6 Å². The summed E-state index contributed by atoms with van der Waals surface area (Å²) < 4.78 is 0. The summed E-state index contributed by atoms with van der Waals surface area (Å²) in [6.07, 6.45) is 8.00. The van der Waals surface area contributed by atoms with Gasteiger partial charge in [0, 0.05) is 11.3 Å². The molecule has 0 amide bonds. The van der Waals surface area contributed by atoms with Gasteiger partial charge in [0.05, 0.1) is 6.61 Å². The van der Waals surface area contributed by atoms with Gasteiger partial charge >= 0.3 is 0 Å². The highest BCUT2D eigenvalue weighted by Gasteiger charge is 2.33. The zero-order valence-electron chi connectivity index (χ0n) is 6.70. The molecule has 1 fully saturated rings. The Kier molecular flexibility index (Phi) is 3.93. The minimum absolute atomic E-state index is 0.0736. The van der Waals surface area contributed by atoms with Gasteiger partial charge in [0.2, 0.25) is 0 Å². The van der Waals surface area contributed by atoms with Crippen LogP contribution in [0.1, 0.15) is 6.42 Å². The molecule has 12 heavy (non-hydrogen) atoms. The lowest BCUT2D eigenvalue weighted by molar-refractivity contribution is 0.343. The van der Waals surface area contributed by atoms with Gasteiger partial charge in [-0.2, -0.15) is 0 Å². The summed E-state index contributed by atoms with van der Waals surface area (Å²) in [7, 11) is 0. The molecule has 0 radical (unpaired) electrons. The molecule has 0 aliphatic heterocycles. The Labute approximate surface area is 77.7 Å². The monoisotopic (exact) mass is 182 g/mol. The van der Waals surface area contributed by atoms with Gasteiger partial charge in [-0.3, -0.25) is 0 Å². The maximum Gasteiger partial charge on any atom is 0.0615 e. The molecule has 0 bridgehead atoms. The first-order valence-corrected chi connectivity index (χ1v) is 4.36. The zero-order valence-corrected chi connectivity index (χ0v) is 7.46. The molecule has 1 aliphatic carbocycles. The fourth-order valence-electron chi connectivity index (χ4n) is 0.712. The molecule has 1 N–H and O–H groups in total. The van der Waals surface area contributed by atoms with E-state index in [4.69, 9.17) is 16.7 Å². The second kappa shape index (κ2) is 5.03. The van der Waals surface area contributed by atoms with Gasteiger partial charge in [0.1, 0.15) is 0 Å². The second-order valence-electron chi connectivity index (χ2n) is 2.62. The molecule has 0 unspecified atom stereocenters. The van der Waals surface area contributed by atoms with Gasteiger partial charge in [-0.05, 0) is 12.5 Å². The molecule has 2 atom stereocenters. The second-order valence-corrected chi connectivity index (χ2v) is 3.18. The first-order valence-electron chi connectivity index (χ1n) is 3.92. The quantitative estimate of drug-likeness (QED) is 0.392. The van der Waals surface area contributed by atoms with Gasteiger partial charge in [-0.1, -0.05) is 30.1 Å². The Morgan fingerprint density at radius 1 is 1.50 bits per heavy atom. The molecule has 0 heterocycles. The summed E-state index contributed by atoms with van der Waals surface area (Å²) in [5.74, 6) is 6.31. The van der Waals surface area contributed by atoms with Crippen LogP contribution in [0.4, 0.5) is 0 Å². The summed E-state index contributed by atoms with van der Waals surface area (Å²) in [6.45, 7) is 0.0736. The highest BCUT2D eigenvalue weighted by molar-refractivity contribution is 6.22. The minimum atomic E-state index is 0.0736. The Morgan fingerprint density at radius 2 is 2.25 bits per heavy atom. The van der Waals surface area contributed by atoms with E-state index in [1.807, 2.05) is 0 Å². The van der Waals surface area contributed by atoms with Gasteiger partial charge < -0.3 is 5.11 Å². The number of hydrogen-bond acceptors (Lipinski definition) is 1. The number of aliphatic hydroxyl groups excluding tert-OH is 1. The van der Waals surface area contributed by atoms with Gasteiger partial charge in [-0.25, -0.2) is 0 Å². The zero-order chi connectivity index (χ0) is 8.81. The van der Waals surface area contributed by atoms with Crippen molar-refractivity contribution < 1.29 is 5.11 Å². The van der Waals surface area contributed by atoms with E-state index in [-0.39, 0.29) is 12.0 Å². The lowest BCUT2D eigenvalue weighted by Gasteiger charge is -1.74. The Balaban J connectivity index is 2.18. The van der Waals surface area contributed by atoms with Crippen molar-refractivity contribution in [3.05, 3.63) is 24.3 Å². The van der Waals surface area contributed by atoms with Crippen LogP contribution in [0.5, 0.6) is 0 Å². The van der Waals surface area contributed by atoms with Crippen LogP contribution in [-0.4, -0.2) is 17.1 Å². The molecular weight excluding hydrogens is 172 g/mol. The van der Waals surface area contributed by atoms with Crippen LogP contribution in [-0.2, 0) is 0 Å². The molecular formula is C10H11ClO. The molecule has 2 heteroatoms. The van der Waals surface area contributed by atoms with Crippen molar-refractivity contribution in [1.29, 1.82) is 0 Å². The van der Waals surface area contributed by atoms with E-state index in [9.17, 15) is 0 Å². The molecule has 1 nitrogen and oxygen atoms in total. The van der Waals surface area contributed by atoms with Crippen LogP contribution in [0, 0.1) is 17.8 Å². The van der Waals surface area contributed by atoms with Crippen molar-refractivity contribution in [2.24, 2.45) is 5.92 Å². The minimum Gasteiger partial charge on any atom is -0.392 e. The van der Waals surface area contributed by atoms with E-state index in [1.54, 1.807) is 24.3 Å². The van der Waals surface area contributed by atoms with Crippen LogP contribution >= 0.6 is 11.6 Å². The molecule has 0 aromatic carbocycles. The fourth-order valence-corrected chi connectivity index (χ4v) is 0.967. The third kappa shape index (κ3) is 3.61. The van der Waals surface area contributed by atoms with E-state index in [2.05, 4.69) is 11.8 Å². The highest BCUT2D eigenvalue weighted by atomic mass is 35.5. The van der Waals surface area contributed by atoms with Crippen molar-refractivity contribution in [3.8, 4) is 11.8 Å². The molecule has 1 aliphatic rings. The van der Waals surface area contributed by atoms with Crippen LogP contribution < -0.4 is 0 Å². The van der Waals surface area contributed by atoms with Crippen molar-refractivity contribution in [3.63, 3.8) is 0 Å². The van der Waals surface area contributed by atoms with Crippen LogP contribution in [0.25, 0.3) is 0 Å². The third-order valence-electron chi connectivity index (χ3n) is 1.51. The van der Waals surface area contributed by atoms with Gasteiger partial charge in [0.15, 0.2) is 0 Å². The Hall–Kier alpha value is -0.710. The number of aliphatic hydroxyl groups is 1. The number of halogens is 1. The average Bonchev–Trinajstić information content (AvgIpc) is 2.74. The predicted octanol–water partition coefficient (Wildman–Crippen LogP) is 1.72. The Bertz CT molecular complexity index is 244. The summed E-state index contributed by atoms with van der Waals surface area (Å²) in [5.41, 5.74) is 0. The molecule has 0 saturated heterocycles. The summed E-state index contributed by atoms with van der Waals surface area (Å²) in [6, 6.07) is 0. The van der Waals surface area contributed by atoms with Gasteiger partial charge in [0.25, 0.3) is 0 Å². The molecule has 0 spiro atoms. The van der Waals surface area contributed by atoms with Crippen molar-refractivity contribution in [2.75, 3.05) is 6.61 Å². The lowest BCUT2D eigenvalue weighted by atomic mass is 10.4. The lowest BCUT2D eigenvalue weighted by Crippen LogP contribution is -1.69. The molecule has 0 aromatic heterocycles. The van der Waals surface area contributed by atoms with Crippen molar-refractivity contribution in [2.45, 2.75) is 11.8 Å². The topological polar surface area (TPSA) is 20.2 Å². The number of rotatable bonds is 2. The van der Waals surface area contributed by atoms with E-state index in [1.165, 1.54) is 0 Å². The first-order chi connectivity index (χ1) is 5.84. The van der Waals surface area contributed by atoms with E-state index in [0.29, 0.717) is 5.92 Å².